The van der Waals surface area contributed by atoms with E-state index >= 15 is 0 Å². The molecule has 0 aliphatic carbocycles. The van der Waals surface area contributed by atoms with Gasteiger partial charge in [-0.2, -0.15) is 0 Å². The van der Waals surface area contributed by atoms with Gasteiger partial charge in [0.05, 0.1) is 17.6 Å². The Labute approximate surface area is 83.9 Å². The van der Waals surface area contributed by atoms with Crippen molar-refractivity contribution in [2.45, 2.75) is 38.8 Å². The van der Waals surface area contributed by atoms with Gasteiger partial charge in [0.2, 0.25) is 0 Å². The monoisotopic (exact) mass is 192 g/mol. The van der Waals surface area contributed by atoms with Crippen molar-refractivity contribution in [2.24, 2.45) is 0 Å². The highest BCUT2D eigenvalue weighted by atomic mass is 15.0. The minimum absolute atomic E-state index is 0.527. The summed E-state index contributed by atoms with van der Waals surface area (Å²) in [6.07, 6.45) is 4.90. The first-order chi connectivity index (χ1) is 6.79. The van der Waals surface area contributed by atoms with Gasteiger partial charge in [-0.3, -0.25) is 4.98 Å². The van der Waals surface area contributed by atoms with Crippen LogP contribution in [0.4, 0.5) is 5.82 Å². The van der Waals surface area contributed by atoms with Crippen LogP contribution in [0.25, 0.3) is 0 Å². The Morgan fingerprint density at radius 2 is 2.43 bits per heavy atom. The molecule has 4 heteroatoms. The first-order valence-electron chi connectivity index (χ1n) is 5.13. The van der Waals surface area contributed by atoms with Gasteiger partial charge >= 0.3 is 0 Å². The third-order valence-electron chi connectivity index (χ3n) is 2.73. The summed E-state index contributed by atoms with van der Waals surface area (Å²) >= 11 is 0. The number of aromatic nitrogens is 2. The molecule has 2 rings (SSSR count). The molecule has 1 aliphatic heterocycles. The van der Waals surface area contributed by atoms with Gasteiger partial charge in [-0.15, -0.1) is 0 Å². The number of anilines is 1. The average molecular weight is 192 g/mol. The van der Waals surface area contributed by atoms with E-state index in [2.05, 4.69) is 22.2 Å². The van der Waals surface area contributed by atoms with Crippen molar-refractivity contribution in [3.63, 3.8) is 0 Å². The van der Waals surface area contributed by atoms with Crippen LogP contribution in [0.2, 0.25) is 0 Å². The second kappa shape index (κ2) is 3.92. The number of nitrogens with two attached hydrogens (primary N) is 1. The number of hydrogen-bond donors (Lipinski definition) is 2. The zero-order chi connectivity index (χ0) is 9.97. The first kappa shape index (κ1) is 9.40. The lowest BCUT2D eigenvalue weighted by Gasteiger charge is -2.11. The third-order valence-corrected chi connectivity index (χ3v) is 2.73. The SMILES string of the molecule is CCC1CCc2nc(N)cnc2CN1. The van der Waals surface area contributed by atoms with Crippen LogP contribution in [0.1, 0.15) is 31.2 Å². The minimum atomic E-state index is 0.527. The number of nitrogen functional groups attached to an aromatic ring is 1. The molecule has 14 heavy (non-hydrogen) atoms. The van der Waals surface area contributed by atoms with E-state index in [1.54, 1.807) is 6.20 Å². The highest BCUT2D eigenvalue weighted by Crippen LogP contribution is 2.14. The molecule has 0 fully saturated rings. The lowest BCUT2D eigenvalue weighted by molar-refractivity contribution is 0.481. The molecule has 76 valence electrons. The topological polar surface area (TPSA) is 63.8 Å². The third kappa shape index (κ3) is 1.85. The smallest absolute Gasteiger partial charge is 0.142 e. The highest BCUT2D eigenvalue weighted by Gasteiger charge is 2.15. The van der Waals surface area contributed by atoms with Crippen molar-refractivity contribution in [3.8, 4) is 0 Å². The average Bonchev–Trinajstić information content (AvgIpc) is 2.39. The summed E-state index contributed by atoms with van der Waals surface area (Å²) in [6.45, 7) is 3.02. The number of aryl methyl sites for hydroxylation is 1. The standard InChI is InChI=1S/C10H16N4/c1-2-7-3-4-8-9(5-12-7)13-6-10(11)14-8/h6-7,12H,2-5H2,1H3,(H2,11,14). The molecule has 0 radical (unpaired) electrons. The Kier molecular flexibility index (Phi) is 2.63. The van der Waals surface area contributed by atoms with E-state index in [1.165, 1.54) is 0 Å². The van der Waals surface area contributed by atoms with Gasteiger partial charge < -0.3 is 11.1 Å². The van der Waals surface area contributed by atoms with Crippen molar-refractivity contribution in [1.82, 2.24) is 15.3 Å². The maximum absolute atomic E-state index is 5.61. The molecule has 1 atom stereocenters. The second-order valence-corrected chi connectivity index (χ2v) is 3.71. The van der Waals surface area contributed by atoms with Crippen LogP contribution in [0.5, 0.6) is 0 Å². The lowest BCUT2D eigenvalue weighted by atomic mass is 10.1. The van der Waals surface area contributed by atoms with Crippen molar-refractivity contribution >= 4 is 5.82 Å². The van der Waals surface area contributed by atoms with Gasteiger partial charge in [0.25, 0.3) is 0 Å². The van der Waals surface area contributed by atoms with E-state index in [9.17, 15) is 0 Å². The molecule has 0 aromatic carbocycles. The van der Waals surface area contributed by atoms with Crippen molar-refractivity contribution in [1.29, 1.82) is 0 Å². The molecule has 4 nitrogen and oxygen atoms in total. The molecule has 0 amide bonds. The van der Waals surface area contributed by atoms with E-state index in [1.807, 2.05) is 0 Å². The predicted molar refractivity (Wildman–Crippen MR) is 55.7 cm³/mol. The summed E-state index contributed by atoms with van der Waals surface area (Å²) in [7, 11) is 0. The quantitative estimate of drug-likeness (QED) is 0.693. The van der Waals surface area contributed by atoms with Crippen molar-refractivity contribution in [2.75, 3.05) is 5.73 Å². The van der Waals surface area contributed by atoms with Crippen molar-refractivity contribution < 1.29 is 0 Å². The largest absolute Gasteiger partial charge is 0.382 e. The Hall–Kier alpha value is -1.16. The summed E-state index contributed by atoms with van der Waals surface area (Å²) in [5, 5.41) is 3.46. The minimum Gasteiger partial charge on any atom is -0.382 e. The number of rotatable bonds is 1. The normalized spacial score (nSPS) is 21.4. The van der Waals surface area contributed by atoms with E-state index in [0.29, 0.717) is 11.9 Å². The van der Waals surface area contributed by atoms with Gasteiger partial charge in [0, 0.05) is 12.6 Å². The maximum Gasteiger partial charge on any atom is 0.142 e. The van der Waals surface area contributed by atoms with Crippen LogP contribution < -0.4 is 11.1 Å². The first-order valence-corrected chi connectivity index (χ1v) is 5.13. The zero-order valence-electron chi connectivity index (χ0n) is 8.45. The zero-order valence-corrected chi connectivity index (χ0v) is 8.45. The molecular formula is C10H16N4. The molecule has 1 aliphatic rings. The molecule has 0 saturated carbocycles. The van der Waals surface area contributed by atoms with Crippen LogP contribution >= 0.6 is 0 Å². The fraction of sp³-hybridized carbons (Fsp3) is 0.600. The van der Waals surface area contributed by atoms with Gasteiger partial charge in [-0.1, -0.05) is 6.92 Å². The van der Waals surface area contributed by atoms with Crippen LogP contribution in [0, 0.1) is 0 Å². The fourth-order valence-corrected chi connectivity index (χ4v) is 1.82. The Balaban J connectivity index is 2.21. The number of hydrogen-bond acceptors (Lipinski definition) is 4. The summed E-state index contributed by atoms with van der Waals surface area (Å²) < 4.78 is 0. The van der Waals surface area contributed by atoms with Crippen molar-refractivity contribution in [3.05, 3.63) is 17.6 Å². The molecule has 1 unspecified atom stereocenters. The number of nitrogens with one attached hydrogen (secondary N) is 1. The highest BCUT2D eigenvalue weighted by molar-refractivity contribution is 5.28. The molecule has 0 saturated heterocycles. The summed E-state index contributed by atoms with van der Waals surface area (Å²) in [5.41, 5.74) is 7.72. The molecule has 3 N–H and O–H groups in total. The van der Waals surface area contributed by atoms with Crippen LogP contribution in [-0.2, 0) is 13.0 Å². The van der Waals surface area contributed by atoms with E-state index in [0.717, 1.165) is 37.2 Å². The molecule has 0 spiro atoms. The van der Waals surface area contributed by atoms with Crippen LogP contribution in [0.15, 0.2) is 6.20 Å². The van der Waals surface area contributed by atoms with E-state index in [-0.39, 0.29) is 0 Å². The van der Waals surface area contributed by atoms with Crippen LogP contribution in [-0.4, -0.2) is 16.0 Å². The Morgan fingerprint density at radius 1 is 1.57 bits per heavy atom. The fourth-order valence-electron chi connectivity index (χ4n) is 1.82. The van der Waals surface area contributed by atoms with Gasteiger partial charge in [-0.25, -0.2) is 4.98 Å². The van der Waals surface area contributed by atoms with Crippen LogP contribution in [0.3, 0.4) is 0 Å². The van der Waals surface area contributed by atoms with Gasteiger partial charge in [0.15, 0.2) is 0 Å². The van der Waals surface area contributed by atoms with Gasteiger partial charge in [-0.05, 0) is 19.3 Å². The van der Waals surface area contributed by atoms with Gasteiger partial charge in [0.1, 0.15) is 5.82 Å². The number of fused-ring (bicyclic) bond motifs is 1. The molecule has 1 aromatic heterocycles. The number of nitrogens with zero attached hydrogens (tertiary/aromatic N) is 2. The molecule has 1 aromatic rings. The molecule has 2 heterocycles. The second-order valence-electron chi connectivity index (χ2n) is 3.71. The molecule has 0 bridgehead atoms. The van der Waals surface area contributed by atoms with E-state index < -0.39 is 0 Å². The van der Waals surface area contributed by atoms with E-state index in [4.69, 9.17) is 5.73 Å². The summed E-state index contributed by atoms with van der Waals surface area (Å²) in [6, 6.07) is 0.590. The Morgan fingerprint density at radius 3 is 3.21 bits per heavy atom. The predicted octanol–water partition coefficient (Wildman–Crippen LogP) is 0.873. The summed E-state index contributed by atoms with van der Waals surface area (Å²) in [4.78, 5) is 8.62. The lowest BCUT2D eigenvalue weighted by Crippen LogP contribution is -2.26. The summed E-state index contributed by atoms with van der Waals surface area (Å²) in [5.74, 6) is 0.527. The Bertz CT molecular complexity index is 324. The molecular weight excluding hydrogens is 176 g/mol. The maximum atomic E-state index is 5.61.